The van der Waals surface area contributed by atoms with Gasteiger partial charge < -0.3 is 9.64 Å². The fraction of sp³-hybridized carbons (Fsp3) is 0.667. The first-order valence-electron chi connectivity index (χ1n) is 4.27. The van der Waals surface area contributed by atoms with Crippen LogP contribution in [-0.4, -0.2) is 37.6 Å². The maximum Gasteiger partial charge on any atom is 0.330 e. The van der Waals surface area contributed by atoms with Crippen LogP contribution >= 0.6 is 0 Å². The summed E-state index contributed by atoms with van der Waals surface area (Å²) in [7, 11) is 2.05. The fourth-order valence-corrected chi connectivity index (χ4v) is 1.31. The van der Waals surface area contributed by atoms with E-state index in [1.165, 1.54) is 5.57 Å². The topological polar surface area (TPSA) is 29.5 Å². The predicted octanol–water partition coefficient (Wildman–Crippen LogP) is 0.811. The van der Waals surface area contributed by atoms with Gasteiger partial charge in [-0.15, -0.1) is 0 Å². The maximum absolute atomic E-state index is 11.0. The van der Waals surface area contributed by atoms with Crippen LogP contribution < -0.4 is 0 Å². The third-order valence-electron chi connectivity index (χ3n) is 1.90. The van der Waals surface area contributed by atoms with Crippen LogP contribution in [-0.2, 0) is 9.53 Å². The number of ether oxygens (including phenoxy) is 1. The average Bonchev–Trinajstić information content (AvgIpc) is 2.36. The van der Waals surface area contributed by atoms with Gasteiger partial charge in [-0.25, -0.2) is 4.79 Å². The van der Waals surface area contributed by atoms with Crippen LogP contribution in [0.15, 0.2) is 11.6 Å². The Balaban J connectivity index is 2.41. The summed E-state index contributed by atoms with van der Waals surface area (Å²) in [6.45, 7) is 4.22. The summed E-state index contributed by atoms with van der Waals surface area (Å²) in [5.41, 5.74) is 1.18. The van der Waals surface area contributed by atoms with Gasteiger partial charge in [0.15, 0.2) is 0 Å². The van der Waals surface area contributed by atoms with Crippen LogP contribution in [0.5, 0.6) is 0 Å². The van der Waals surface area contributed by atoms with E-state index in [1.807, 2.05) is 14.0 Å². The molecule has 68 valence electrons. The van der Waals surface area contributed by atoms with Crippen molar-refractivity contribution in [1.82, 2.24) is 4.90 Å². The average molecular weight is 169 g/mol. The van der Waals surface area contributed by atoms with Crippen molar-refractivity contribution in [2.75, 3.05) is 26.7 Å². The smallest absolute Gasteiger partial charge is 0.330 e. The van der Waals surface area contributed by atoms with Gasteiger partial charge in [-0.05, 0) is 26.0 Å². The minimum absolute atomic E-state index is 0.206. The predicted molar refractivity (Wildman–Crippen MR) is 46.8 cm³/mol. The van der Waals surface area contributed by atoms with Crippen molar-refractivity contribution in [2.45, 2.75) is 13.3 Å². The summed E-state index contributed by atoms with van der Waals surface area (Å²) in [4.78, 5) is 13.2. The number of esters is 1. The first-order valence-corrected chi connectivity index (χ1v) is 4.27. The minimum atomic E-state index is -0.206. The molecule has 0 aromatic carbocycles. The van der Waals surface area contributed by atoms with Crippen LogP contribution in [0.4, 0.5) is 0 Å². The van der Waals surface area contributed by atoms with E-state index in [4.69, 9.17) is 4.74 Å². The Morgan fingerprint density at radius 1 is 1.75 bits per heavy atom. The molecular formula is C9H15NO2. The number of nitrogens with zero attached hydrogens (tertiary/aromatic N) is 1. The molecule has 1 fully saturated rings. The molecule has 1 aliphatic rings. The van der Waals surface area contributed by atoms with E-state index in [1.54, 1.807) is 6.08 Å². The Kier molecular flexibility index (Phi) is 3.29. The Hall–Kier alpha value is -0.830. The Bertz CT molecular complexity index is 199. The zero-order valence-electron chi connectivity index (χ0n) is 7.67. The maximum atomic E-state index is 11.0. The molecule has 0 radical (unpaired) electrons. The first-order chi connectivity index (χ1) is 5.72. The fourth-order valence-electron chi connectivity index (χ4n) is 1.31. The van der Waals surface area contributed by atoms with E-state index in [9.17, 15) is 4.79 Å². The molecule has 0 bridgehead atoms. The highest BCUT2D eigenvalue weighted by Crippen LogP contribution is 2.12. The van der Waals surface area contributed by atoms with Crippen molar-refractivity contribution in [3.63, 3.8) is 0 Å². The lowest BCUT2D eigenvalue weighted by Gasteiger charge is -2.02. The first kappa shape index (κ1) is 9.26. The summed E-state index contributed by atoms with van der Waals surface area (Å²) in [5, 5.41) is 0. The van der Waals surface area contributed by atoms with Gasteiger partial charge in [-0.3, -0.25) is 0 Å². The highest BCUT2D eigenvalue weighted by atomic mass is 16.5. The minimum Gasteiger partial charge on any atom is -0.463 e. The number of likely N-dealkylation sites (N-methyl/N-ethyl adjacent to an activating group) is 1. The standard InChI is InChI=1S/C9H15NO2/c1-3-12-9(11)6-8-4-5-10(2)7-8/h6H,3-5,7H2,1-2H3/b8-6+. The normalized spacial score (nSPS) is 21.7. The Morgan fingerprint density at radius 3 is 3.00 bits per heavy atom. The highest BCUT2D eigenvalue weighted by molar-refractivity contribution is 5.82. The third kappa shape index (κ3) is 2.66. The van der Waals surface area contributed by atoms with E-state index >= 15 is 0 Å². The van der Waals surface area contributed by atoms with Crippen molar-refractivity contribution in [2.24, 2.45) is 0 Å². The number of hydrogen-bond donors (Lipinski definition) is 0. The lowest BCUT2D eigenvalue weighted by molar-refractivity contribution is -0.137. The van der Waals surface area contributed by atoms with E-state index in [-0.39, 0.29) is 5.97 Å². The number of carbonyl (C=O) groups excluding carboxylic acids is 1. The molecule has 0 saturated carbocycles. The number of rotatable bonds is 2. The molecule has 3 heteroatoms. The van der Waals surface area contributed by atoms with Gasteiger partial charge >= 0.3 is 5.97 Å². The number of carbonyl (C=O) groups is 1. The zero-order chi connectivity index (χ0) is 8.97. The van der Waals surface area contributed by atoms with Gasteiger partial charge in [0.2, 0.25) is 0 Å². The van der Waals surface area contributed by atoms with Crippen LogP contribution in [0.2, 0.25) is 0 Å². The van der Waals surface area contributed by atoms with Crippen LogP contribution in [0, 0.1) is 0 Å². The van der Waals surface area contributed by atoms with Crippen molar-refractivity contribution in [3.05, 3.63) is 11.6 Å². The van der Waals surface area contributed by atoms with E-state index in [0.29, 0.717) is 6.61 Å². The molecule has 1 heterocycles. The second-order valence-corrected chi connectivity index (χ2v) is 3.04. The van der Waals surface area contributed by atoms with Crippen molar-refractivity contribution in [1.29, 1.82) is 0 Å². The quantitative estimate of drug-likeness (QED) is 0.452. The molecule has 0 aromatic heterocycles. The van der Waals surface area contributed by atoms with Crippen LogP contribution in [0.1, 0.15) is 13.3 Å². The van der Waals surface area contributed by atoms with E-state index in [2.05, 4.69) is 4.90 Å². The molecule has 0 amide bonds. The molecule has 0 aliphatic carbocycles. The van der Waals surface area contributed by atoms with Crippen molar-refractivity contribution >= 4 is 5.97 Å². The van der Waals surface area contributed by atoms with Crippen molar-refractivity contribution in [3.8, 4) is 0 Å². The molecule has 1 saturated heterocycles. The molecule has 1 aliphatic heterocycles. The van der Waals surface area contributed by atoms with Gasteiger partial charge in [-0.1, -0.05) is 0 Å². The van der Waals surface area contributed by atoms with Gasteiger partial charge in [-0.2, -0.15) is 0 Å². The molecular weight excluding hydrogens is 154 g/mol. The lowest BCUT2D eigenvalue weighted by atomic mass is 10.2. The molecule has 0 atom stereocenters. The van der Waals surface area contributed by atoms with Gasteiger partial charge in [0.05, 0.1) is 6.61 Å². The molecule has 12 heavy (non-hydrogen) atoms. The molecule has 3 nitrogen and oxygen atoms in total. The number of likely N-dealkylation sites (tertiary alicyclic amines) is 1. The van der Waals surface area contributed by atoms with E-state index < -0.39 is 0 Å². The van der Waals surface area contributed by atoms with E-state index in [0.717, 1.165) is 19.5 Å². The summed E-state index contributed by atoms with van der Waals surface area (Å²) in [6, 6.07) is 0. The SMILES string of the molecule is CCOC(=O)/C=C1\CCN(C)C1. The zero-order valence-corrected chi connectivity index (χ0v) is 7.67. The summed E-state index contributed by atoms with van der Waals surface area (Å²) in [5.74, 6) is -0.206. The lowest BCUT2D eigenvalue weighted by Crippen LogP contribution is -2.11. The monoisotopic (exact) mass is 169 g/mol. The van der Waals surface area contributed by atoms with Crippen molar-refractivity contribution < 1.29 is 9.53 Å². The van der Waals surface area contributed by atoms with Crippen LogP contribution in [0.3, 0.4) is 0 Å². The summed E-state index contributed by atoms with van der Waals surface area (Å²) < 4.78 is 4.81. The second kappa shape index (κ2) is 4.26. The molecule has 0 unspecified atom stereocenters. The van der Waals surface area contributed by atoms with Gasteiger partial charge in [0, 0.05) is 19.2 Å². The molecule has 0 N–H and O–H groups in total. The molecule has 0 spiro atoms. The second-order valence-electron chi connectivity index (χ2n) is 3.04. The largest absolute Gasteiger partial charge is 0.463 e. The molecule has 1 rings (SSSR count). The summed E-state index contributed by atoms with van der Waals surface area (Å²) >= 11 is 0. The van der Waals surface area contributed by atoms with Crippen LogP contribution in [0.25, 0.3) is 0 Å². The number of hydrogen-bond acceptors (Lipinski definition) is 3. The third-order valence-corrected chi connectivity index (χ3v) is 1.90. The molecule has 0 aromatic rings. The Morgan fingerprint density at radius 2 is 2.50 bits per heavy atom. The highest BCUT2D eigenvalue weighted by Gasteiger charge is 2.13. The summed E-state index contributed by atoms with van der Waals surface area (Å²) in [6.07, 6.45) is 2.61. The van der Waals surface area contributed by atoms with Gasteiger partial charge in [0.25, 0.3) is 0 Å². The Labute approximate surface area is 73.0 Å². The van der Waals surface area contributed by atoms with Gasteiger partial charge in [0.1, 0.15) is 0 Å².